The number of hydrogen-bond donors (Lipinski definition) is 1. The first kappa shape index (κ1) is 18.7. The van der Waals surface area contributed by atoms with Gasteiger partial charge in [-0.1, -0.05) is 30.3 Å². The van der Waals surface area contributed by atoms with Gasteiger partial charge in [0.25, 0.3) is 0 Å². The molecule has 140 valence electrons. The number of carboxylic acid groups (broad SMARTS) is 1. The maximum Gasteiger partial charge on any atom is 0.303 e. The van der Waals surface area contributed by atoms with Crippen molar-refractivity contribution in [2.75, 3.05) is 13.7 Å². The highest BCUT2D eigenvalue weighted by Crippen LogP contribution is 2.33. The summed E-state index contributed by atoms with van der Waals surface area (Å²) in [6.45, 7) is 0.516. The molecule has 1 N–H and O–H groups in total. The highest BCUT2D eigenvalue weighted by atomic mass is 16.5. The van der Waals surface area contributed by atoms with Gasteiger partial charge in [0, 0.05) is 17.9 Å². The molecule has 5 nitrogen and oxygen atoms in total. The zero-order chi connectivity index (χ0) is 19.1. The molecule has 2 aromatic carbocycles. The Balaban J connectivity index is 1.81. The number of fused-ring (bicyclic) bond motifs is 1. The van der Waals surface area contributed by atoms with Crippen LogP contribution in [-0.2, 0) is 4.79 Å². The van der Waals surface area contributed by atoms with Gasteiger partial charge in [-0.25, -0.2) is 4.98 Å². The normalized spacial score (nSPS) is 10.7. The van der Waals surface area contributed by atoms with Crippen molar-refractivity contribution in [1.29, 1.82) is 0 Å². The summed E-state index contributed by atoms with van der Waals surface area (Å²) >= 11 is 0. The zero-order valence-electron chi connectivity index (χ0n) is 15.4. The number of carboxylic acids is 1. The molecular weight excluding hydrogens is 342 g/mol. The van der Waals surface area contributed by atoms with Crippen molar-refractivity contribution < 1.29 is 19.4 Å². The number of benzene rings is 2. The number of ether oxygens (including phenoxy) is 2. The summed E-state index contributed by atoms with van der Waals surface area (Å²) in [5, 5.41) is 9.68. The number of pyridine rings is 1. The third-order valence-electron chi connectivity index (χ3n) is 4.36. The molecule has 0 bridgehead atoms. The number of unbranched alkanes of at least 4 members (excludes halogenated alkanes) is 2. The predicted molar refractivity (Wildman–Crippen MR) is 105 cm³/mol. The Labute approximate surface area is 158 Å². The average Bonchev–Trinajstić information content (AvgIpc) is 2.70. The van der Waals surface area contributed by atoms with Crippen LogP contribution in [0.4, 0.5) is 0 Å². The first-order valence-corrected chi connectivity index (χ1v) is 9.06. The summed E-state index contributed by atoms with van der Waals surface area (Å²) in [6, 6.07) is 17.9. The largest absolute Gasteiger partial charge is 0.497 e. The van der Waals surface area contributed by atoms with E-state index < -0.39 is 5.97 Å². The summed E-state index contributed by atoms with van der Waals surface area (Å²) in [5.74, 6) is 0.605. The molecule has 0 saturated carbocycles. The monoisotopic (exact) mass is 365 g/mol. The van der Waals surface area contributed by atoms with E-state index in [0.29, 0.717) is 18.9 Å². The second kappa shape index (κ2) is 9.03. The summed E-state index contributed by atoms with van der Waals surface area (Å²) in [4.78, 5) is 15.2. The van der Waals surface area contributed by atoms with Crippen molar-refractivity contribution in [3.8, 4) is 22.8 Å². The molecule has 1 aromatic heterocycles. The van der Waals surface area contributed by atoms with Crippen molar-refractivity contribution in [3.05, 3.63) is 54.6 Å². The second-order valence-electron chi connectivity index (χ2n) is 6.31. The minimum Gasteiger partial charge on any atom is -0.497 e. The number of methoxy groups -OCH3 is 1. The Kier molecular flexibility index (Phi) is 6.26. The SMILES string of the molecule is COc1ccc2nc(OCCCCCC(=O)O)cc(-c3ccccc3)c2c1. The molecule has 0 aliphatic heterocycles. The van der Waals surface area contributed by atoms with Crippen LogP contribution in [0.5, 0.6) is 11.6 Å². The van der Waals surface area contributed by atoms with Crippen LogP contribution in [0.1, 0.15) is 25.7 Å². The molecule has 0 spiro atoms. The van der Waals surface area contributed by atoms with E-state index in [-0.39, 0.29) is 6.42 Å². The third-order valence-corrected chi connectivity index (χ3v) is 4.36. The molecule has 0 aliphatic rings. The molecule has 3 rings (SSSR count). The van der Waals surface area contributed by atoms with E-state index in [4.69, 9.17) is 14.6 Å². The summed E-state index contributed by atoms with van der Waals surface area (Å²) < 4.78 is 11.2. The van der Waals surface area contributed by atoms with Crippen LogP contribution in [0.3, 0.4) is 0 Å². The van der Waals surface area contributed by atoms with Gasteiger partial charge in [-0.3, -0.25) is 4.79 Å². The Morgan fingerprint density at radius 2 is 1.85 bits per heavy atom. The Hall–Kier alpha value is -3.08. The van der Waals surface area contributed by atoms with E-state index in [1.807, 2.05) is 42.5 Å². The summed E-state index contributed by atoms with van der Waals surface area (Å²) in [6.07, 6.45) is 2.49. The van der Waals surface area contributed by atoms with E-state index in [2.05, 4.69) is 17.1 Å². The van der Waals surface area contributed by atoms with Crippen LogP contribution in [0.2, 0.25) is 0 Å². The topological polar surface area (TPSA) is 68.7 Å². The Morgan fingerprint density at radius 3 is 2.59 bits per heavy atom. The van der Waals surface area contributed by atoms with Gasteiger partial charge >= 0.3 is 5.97 Å². The minimum atomic E-state index is -0.755. The van der Waals surface area contributed by atoms with Gasteiger partial charge in [0.05, 0.1) is 19.2 Å². The van der Waals surface area contributed by atoms with E-state index >= 15 is 0 Å². The van der Waals surface area contributed by atoms with Crippen LogP contribution >= 0.6 is 0 Å². The Bertz CT molecular complexity index is 909. The van der Waals surface area contributed by atoms with Gasteiger partial charge in [0.1, 0.15) is 5.75 Å². The second-order valence-corrected chi connectivity index (χ2v) is 6.31. The zero-order valence-corrected chi connectivity index (χ0v) is 15.4. The molecule has 0 amide bonds. The highest BCUT2D eigenvalue weighted by molar-refractivity contribution is 5.96. The maximum absolute atomic E-state index is 10.5. The summed E-state index contributed by atoms with van der Waals surface area (Å²) in [5.41, 5.74) is 2.97. The Morgan fingerprint density at radius 1 is 1.04 bits per heavy atom. The third kappa shape index (κ3) is 4.97. The number of carbonyl (C=O) groups is 1. The maximum atomic E-state index is 10.5. The molecule has 1 heterocycles. The lowest BCUT2D eigenvalue weighted by Gasteiger charge is -2.12. The lowest BCUT2D eigenvalue weighted by atomic mass is 10.0. The lowest BCUT2D eigenvalue weighted by Crippen LogP contribution is -2.01. The molecule has 0 unspecified atom stereocenters. The number of aliphatic carboxylic acids is 1. The average molecular weight is 365 g/mol. The fourth-order valence-electron chi connectivity index (χ4n) is 2.97. The summed E-state index contributed by atoms with van der Waals surface area (Å²) in [7, 11) is 1.65. The van der Waals surface area contributed by atoms with Crippen molar-refractivity contribution in [2.24, 2.45) is 0 Å². The van der Waals surface area contributed by atoms with Gasteiger partial charge in [0.2, 0.25) is 5.88 Å². The fourth-order valence-corrected chi connectivity index (χ4v) is 2.97. The van der Waals surface area contributed by atoms with E-state index in [1.165, 1.54) is 0 Å². The molecule has 0 fully saturated rings. The first-order valence-electron chi connectivity index (χ1n) is 9.06. The first-order chi connectivity index (χ1) is 13.2. The van der Waals surface area contributed by atoms with Crippen LogP contribution in [0.25, 0.3) is 22.0 Å². The van der Waals surface area contributed by atoms with E-state index in [1.54, 1.807) is 7.11 Å². The van der Waals surface area contributed by atoms with Gasteiger partial charge in [0.15, 0.2) is 0 Å². The molecule has 5 heteroatoms. The van der Waals surface area contributed by atoms with Gasteiger partial charge in [-0.2, -0.15) is 0 Å². The van der Waals surface area contributed by atoms with Crippen LogP contribution in [0.15, 0.2) is 54.6 Å². The van der Waals surface area contributed by atoms with Gasteiger partial charge in [-0.05, 0) is 48.6 Å². The van der Waals surface area contributed by atoms with Crippen molar-refractivity contribution in [1.82, 2.24) is 4.98 Å². The minimum absolute atomic E-state index is 0.203. The van der Waals surface area contributed by atoms with Gasteiger partial charge in [-0.15, -0.1) is 0 Å². The molecule has 0 aliphatic carbocycles. The standard InChI is InChI=1S/C22H23NO4/c1-26-17-11-12-20-19(14-17)18(16-8-4-2-5-9-16)15-21(23-20)27-13-7-3-6-10-22(24)25/h2,4-5,8-9,11-12,14-15H,3,6-7,10,13H2,1H3,(H,24,25). The molecular formula is C22H23NO4. The molecule has 27 heavy (non-hydrogen) atoms. The predicted octanol–water partition coefficient (Wildman–Crippen LogP) is 4.93. The van der Waals surface area contributed by atoms with Crippen molar-refractivity contribution >= 4 is 16.9 Å². The number of rotatable bonds is 9. The smallest absolute Gasteiger partial charge is 0.303 e. The molecule has 3 aromatic rings. The molecule has 0 saturated heterocycles. The van der Waals surface area contributed by atoms with Crippen LogP contribution in [0, 0.1) is 0 Å². The fraction of sp³-hybridized carbons (Fsp3) is 0.273. The number of aromatic nitrogens is 1. The highest BCUT2D eigenvalue weighted by Gasteiger charge is 2.10. The molecule has 0 atom stereocenters. The van der Waals surface area contributed by atoms with Crippen LogP contribution < -0.4 is 9.47 Å². The quantitative estimate of drug-likeness (QED) is 0.544. The van der Waals surface area contributed by atoms with E-state index in [9.17, 15) is 4.79 Å². The lowest BCUT2D eigenvalue weighted by molar-refractivity contribution is -0.137. The van der Waals surface area contributed by atoms with Crippen LogP contribution in [-0.4, -0.2) is 29.8 Å². The van der Waals surface area contributed by atoms with E-state index in [0.717, 1.165) is 40.6 Å². The van der Waals surface area contributed by atoms with Crippen molar-refractivity contribution in [2.45, 2.75) is 25.7 Å². The molecule has 0 radical (unpaired) electrons. The van der Waals surface area contributed by atoms with Crippen molar-refractivity contribution in [3.63, 3.8) is 0 Å². The number of hydrogen-bond acceptors (Lipinski definition) is 4. The van der Waals surface area contributed by atoms with Gasteiger partial charge < -0.3 is 14.6 Å². The number of nitrogens with zero attached hydrogens (tertiary/aromatic N) is 1.